The second-order valence-corrected chi connectivity index (χ2v) is 5.81. The number of benzene rings is 1. The van der Waals surface area contributed by atoms with Gasteiger partial charge in [0.15, 0.2) is 6.29 Å². The van der Waals surface area contributed by atoms with Gasteiger partial charge >= 0.3 is 0 Å². The van der Waals surface area contributed by atoms with E-state index < -0.39 is 6.29 Å². The summed E-state index contributed by atoms with van der Waals surface area (Å²) in [7, 11) is 0. The zero-order valence-electron chi connectivity index (χ0n) is 11.0. The highest BCUT2D eigenvalue weighted by Crippen LogP contribution is 2.47. The second kappa shape index (κ2) is 5.02. The van der Waals surface area contributed by atoms with E-state index in [1.165, 1.54) is 24.8 Å². The SMILES string of the molecule is C[C@H]1C(O)O[C@H]2CCCC[C@H]2[C@@H]1c1ccccc1. The van der Waals surface area contributed by atoms with Crippen LogP contribution in [0.5, 0.6) is 0 Å². The van der Waals surface area contributed by atoms with Gasteiger partial charge in [-0.15, -0.1) is 0 Å². The van der Waals surface area contributed by atoms with Crippen LogP contribution in [0.1, 0.15) is 44.1 Å². The summed E-state index contributed by atoms with van der Waals surface area (Å²) < 4.78 is 5.81. The van der Waals surface area contributed by atoms with Gasteiger partial charge in [-0.3, -0.25) is 0 Å². The van der Waals surface area contributed by atoms with Crippen LogP contribution in [0.3, 0.4) is 0 Å². The number of ether oxygens (including phenoxy) is 1. The second-order valence-electron chi connectivity index (χ2n) is 5.81. The van der Waals surface area contributed by atoms with Gasteiger partial charge in [0.05, 0.1) is 6.10 Å². The molecule has 2 aliphatic rings. The molecule has 0 aromatic heterocycles. The molecule has 1 saturated carbocycles. The van der Waals surface area contributed by atoms with E-state index in [1.807, 2.05) is 0 Å². The van der Waals surface area contributed by atoms with Crippen molar-refractivity contribution in [2.24, 2.45) is 11.8 Å². The maximum atomic E-state index is 10.1. The molecular weight excluding hydrogens is 224 g/mol. The highest BCUT2D eigenvalue weighted by molar-refractivity contribution is 5.22. The molecule has 1 aliphatic heterocycles. The summed E-state index contributed by atoms with van der Waals surface area (Å²) in [5, 5.41) is 10.1. The lowest BCUT2D eigenvalue weighted by Crippen LogP contribution is -2.46. The summed E-state index contributed by atoms with van der Waals surface area (Å²) >= 11 is 0. The summed E-state index contributed by atoms with van der Waals surface area (Å²) in [6.07, 6.45) is 4.55. The molecule has 1 aliphatic carbocycles. The molecule has 0 amide bonds. The molecule has 2 fully saturated rings. The van der Waals surface area contributed by atoms with Gasteiger partial charge in [-0.25, -0.2) is 0 Å². The van der Waals surface area contributed by atoms with Crippen molar-refractivity contribution in [3.63, 3.8) is 0 Å². The summed E-state index contributed by atoms with van der Waals surface area (Å²) in [6, 6.07) is 10.7. The van der Waals surface area contributed by atoms with Crippen LogP contribution in [0, 0.1) is 11.8 Å². The van der Waals surface area contributed by atoms with Crippen molar-refractivity contribution in [1.82, 2.24) is 0 Å². The normalized spacial score (nSPS) is 40.2. The maximum Gasteiger partial charge on any atom is 0.158 e. The summed E-state index contributed by atoms with van der Waals surface area (Å²) in [5.74, 6) is 1.21. The van der Waals surface area contributed by atoms with E-state index >= 15 is 0 Å². The minimum Gasteiger partial charge on any atom is -0.368 e. The molecule has 1 N–H and O–H groups in total. The number of hydrogen-bond acceptors (Lipinski definition) is 2. The fourth-order valence-corrected chi connectivity index (χ4v) is 3.80. The molecule has 1 heterocycles. The van der Waals surface area contributed by atoms with Crippen molar-refractivity contribution in [1.29, 1.82) is 0 Å². The Bertz CT molecular complexity index is 389. The number of fused-ring (bicyclic) bond motifs is 1. The third-order valence-electron chi connectivity index (χ3n) is 4.73. The largest absolute Gasteiger partial charge is 0.368 e. The van der Waals surface area contributed by atoms with Gasteiger partial charge < -0.3 is 9.84 Å². The number of rotatable bonds is 1. The van der Waals surface area contributed by atoms with Crippen LogP contribution in [0.25, 0.3) is 0 Å². The van der Waals surface area contributed by atoms with Gasteiger partial charge in [0, 0.05) is 5.92 Å². The average molecular weight is 246 g/mol. The van der Waals surface area contributed by atoms with Crippen molar-refractivity contribution in [3.8, 4) is 0 Å². The minimum atomic E-state index is -0.602. The third kappa shape index (κ3) is 2.08. The van der Waals surface area contributed by atoms with Gasteiger partial charge in [-0.1, -0.05) is 50.1 Å². The topological polar surface area (TPSA) is 29.5 Å². The molecular formula is C16H22O2. The summed E-state index contributed by atoms with van der Waals surface area (Å²) in [5.41, 5.74) is 1.37. The first-order valence-electron chi connectivity index (χ1n) is 7.16. The van der Waals surface area contributed by atoms with Crippen LogP contribution in [0.15, 0.2) is 30.3 Å². The maximum absolute atomic E-state index is 10.1. The van der Waals surface area contributed by atoms with Crippen LogP contribution in [-0.4, -0.2) is 17.5 Å². The summed E-state index contributed by atoms with van der Waals surface area (Å²) in [6.45, 7) is 2.12. The molecule has 1 saturated heterocycles. The predicted octanol–water partition coefficient (Wildman–Crippen LogP) is 3.31. The Morgan fingerprint density at radius 1 is 1.11 bits per heavy atom. The molecule has 1 unspecified atom stereocenters. The van der Waals surface area contributed by atoms with Crippen molar-refractivity contribution in [2.75, 3.05) is 0 Å². The van der Waals surface area contributed by atoms with E-state index in [4.69, 9.17) is 4.74 Å². The van der Waals surface area contributed by atoms with Crippen LogP contribution in [-0.2, 0) is 4.74 Å². The molecule has 1 aromatic carbocycles. The van der Waals surface area contributed by atoms with Crippen LogP contribution in [0.2, 0.25) is 0 Å². The smallest absolute Gasteiger partial charge is 0.158 e. The lowest BCUT2D eigenvalue weighted by molar-refractivity contribution is -0.224. The first kappa shape index (κ1) is 12.2. The molecule has 1 aromatic rings. The number of aliphatic hydroxyl groups is 1. The minimum absolute atomic E-state index is 0.187. The molecule has 0 spiro atoms. The van der Waals surface area contributed by atoms with Gasteiger partial charge in [0.25, 0.3) is 0 Å². The van der Waals surface area contributed by atoms with E-state index in [-0.39, 0.29) is 12.0 Å². The van der Waals surface area contributed by atoms with Crippen molar-refractivity contribution >= 4 is 0 Å². The van der Waals surface area contributed by atoms with Crippen LogP contribution in [0.4, 0.5) is 0 Å². The fourth-order valence-electron chi connectivity index (χ4n) is 3.80. The molecule has 0 radical (unpaired) electrons. The van der Waals surface area contributed by atoms with Crippen molar-refractivity contribution in [2.45, 2.75) is 50.9 Å². The quantitative estimate of drug-likeness (QED) is 0.823. The lowest BCUT2D eigenvalue weighted by atomic mass is 9.68. The zero-order valence-corrected chi connectivity index (χ0v) is 11.0. The van der Waals surface area contributed by atoms with Gasteiger partial charge in [0.2, 0.25) is 0 Å². The van der Waals surface area contributed by atoms with Gasteiger partial charge in [0.1, 0.15) is 0 Å². The Labute approximate surface area is 109 Å². The number of hydrogen-bond donors (Lipinski definition) is 1. The standard InChI is InChI=1S/C16H22O2/c1-11-15(12-7-3-2-4-8-12)13-9-5-6-10-14(13)18-16(11)17/h2-4,7-8,11,13-17H,5-6,9-10H2,1H3/t11-,13-,14+,15+,16?/m1/s1. The van der Waals surface area contributed by atoms with E-state index in [2.05, 4.69) is 37.3 Å². The van der Waals surface area contributed by atoms with E-state index in [0.717, 1.165) is 6.42 Å². The summed E-state index contributed by atoms with van der Waals surface area (Å²) in [4.78, 5) is 0. The molecule has 2 nitrogen and oxygen atoms in total. The Kier molecular flexibility index (Phi) is 3.40. The first-order chi connectivity index (χ1) is 8.77. The van der Waals surface area contributed by atoms with Gasteiger partial charge in [-0.05, 0) is 30.2 Å². The Morgan fingerprint density at radius 2 is 1.83 bits per heavy atom. The first-order valence-corrected chi connectivity index (χ1v) is 7.16. The Hall–Kier alpha value is -0.860. The Balaban J connectivity index is 1.92. The molecule has 2 heteroatoms. The van der Waals surface area contributed by atoms with E-state index in [1.54, 1.807) is 0 Å². The van der Waals surface area contributed by atoms with Crippen molar-refractivity contribution < 1.29 is 9.84 Å². The molecule has 3 rings (SSSR count). The Morgan fingerprint density at radius 3 is 2.61 bits per heavy atom. The highest BCUT2D eigenvalue weighted by Gasteiger charge is 2.44. The monoisotopic (exact) mass is 246 g/mol. The number of aliphatic hydroxyl groups excluding tert-OH is 1. The fraction of sp³-hybridized carbons (Fsp3) is 0.625. The van der Waals surface area contributed by atoms with Crippen molar-refractivity contribution in [3.05, 3.63) is 35.9 Å². The van der Waals surface area contributed by atoms with E-state index in [0.29, 0.717) is 11.8 Å². The molecule has 5 atom stereocenters. The predicted molar refractivity (Wildman–Crippen MR) is 71.2 cm³/mol. The average Bonchev–Trinajstić information content (AvgIpc) is 2.41. The third-order valence-corrected chi connectivity index (χ3v) is 4.73. The van der Waals surface area contributed by atoms with Crippen LogP contribution >= 0.6 is 0 Å². The lowest BCUT2D eigenvalue weighted by Gasteiger charge is -2.47. The zero-order chi connectivity index (χ0) is 12.5. The highest BCUT2D eigenvalue weighted by atomic mass is 16.6. The molecule has 98 valence electrons. The molecule has 0 bridgehead atoms. The van der Waals surface area contributed by atoms with E-state index in [9.17, 15) is 5.11 Å². The van der Waals surface area contributed by atoms with Crippen LogP contribution < -0.4 is 0 Å². The van der Waals surface area contributed by atoms with Gasteiger partial charge in [-0.2, -0.15) is 0 Å². The molecule has 18 heavy (non-hydrogen) atoms.